The van der Waals surface area contributed by atoms with Crippen LogP contribution >= 0.6 is 0 Å². The van der Waals surface area contributed by atoms with Gasteiger partial charge in [0.05, 0.1) is 12.8 Å². The minimum absolute atomic E-state index is 0.164. The van der Waals surface area contributed by atoms with Crippen molar-refractivity contribution in [2.45, 2.75) is 45.1 Å². The lowest BCUT2D eigenvalue weighted by Gasteiger charge is -2.45. The summed E-state index contributed by atoms with van der Waals surface area (Å²) in [6.07, 6.45) is 2.66. The predicted molar refractivity (Wildman–Crippen MR) is 88.3 cm³/mol. The number of hydrogen-bond acceptors (Lipinski definition) is 3. The highest BCUT2D eigenvalue weighted by Gasteiger charge is 2.34. The van der Waals surface area contributed by atoms with E-state index in [1.165, 1.54) is 38.0 Å². The number of hydrogen-bond donors (Lipinski definition) is 1. The second-order valence-electron chi connectivity index (χ2n) is 7.55. The maximum absolute atomic E-state index is 5.56. The standard InChI is InChI=1S/C18H28N2O/c1-18(2,3)14-5-6-17(21-4)15(11-14)19-16-12-20-9-7-13(16)8-10-20/h5-6,11,13,16,19H,7-10,12H2,1-4H3. The second-order valence-corrected chi connectivity index (χ2v) is 7.55. The molecule has 3 aliphatic rings. The first-order valence-corrected chi connectivity index (χ1v) is 8.15. The Labute approximate surface area is 128 Å². The van der Waals surface area contributed by atoms with E-state index in [2.05, 4.69) is 49.2 Å². The molecule has 0 spiro atoms. The molecule has 0 saturated carbocycles. The van der Waals surface area contributed by atoms with Crippen LogP contribution in [0.2, 0.25) is 0 Å². The van der Waals surface area contributed by atoms with Crippen LogP contribution in [-0.4, -0.2) is 37.7 Å². The molecule has 1 atom stereocenters. The van der Waals surface area contributed by atoms with Crippen LogP contribution < -0.4 is 10.1 Å². The van der Waals surface area contributed by atoms with E-state index >= 15 is 0 Å². The van der Waals surface area contributed by atoms with Gasteiger partial charge in [0, 0.05) is 12.6 Å². The molecule has 1 aromatic carbocycles. The van der Waals surface area contributed by atoms with Gasteiger partial charge in [-0.3, -0.25) is 0 Å². The summed E-state index contributed by atoms with van der Waals surface area (Å²) in [7, 11) is 1.76. The van der Waals surface area contributed by atoms with Gasteiger partial charge < -0.3 is 15.0 Å². The van der Waals surface area contributed by atoms with Gasteiger partial charge in [-0.1, -0.05) is 26.8 Å². The number of methoxy groups -OCH3 is 1. The van der Waals surface area contributed by atoms with E-state index in [4.69, 9.17) is 4.74 Å². The molecular weight excluding hydrogens is 260 g/mol. The first-order valence-electron chi connectivity index (χ1n) is 8.15. The molecule has 3 nitrogen and oxygen atoms in total. The topological polar surface area (TPSA) is 24.5 Å². The van der Waals surface area contributed by atoms with Gasteiger partial charge in [0.15, 0.2) is 0 Å². The van der Waals surface area contributed by atoms with Gasteiger partial charge >= 0.3 is 0 Å². The van der Waals surface area contributed by atoms with Gasteiger partial charge in [-0.25, -0.2) is 0 Å². The third-order valence-corrected chi connectivity index (χ3v) is 5.06. The Kier molecular flexibility index (Phi) is 3.87. The monoisotopic (exact) mass is 288 g/mol. The van der Waals surface area contributed by atoms with Crippen LogP contribution in [-0.2, 0) is 5.41 Å². The molecule has 1 unspecified atom stereocenters. The smallest absolute Gasteiger partial charge is 0.141 e. The van der Waals surface area contributed by atoms with E-state index in [-0.39, 0.29) is 5.41 Å². The Hall–Kier alpha value is -1.22. The SMILES string of the molecule is COc1ccc(C(C)(C)C)cc1NC1CN2CCC1CC2. The average Bonchev–Trinajstić information content (AvgIpc) is 2.47. The lowest BCUT2D eigenvalue weighted by atomic mass is 9.83. The summed E-state index contributed by atoms with van der Waals surface area (Å²) in [6, 6.07) is 7.12. The number of nitrogens with one attached hydrogen (secondary N) is 1. The highest BCUT2D eigenvalue weighted by Crippen LogP contribution is 2.35. The van der Waals surface area contributed by atoms with Gasteiger partial charge in [0.1, 0.15) is 5.75 Å². The summed E-state index contributed by atoms with van der Waals surface area (Å²) < 4.78 is 5.56. The van der Waals surface area contributed by atoms with E-state index in [0.29, 0.717) is 6.04 Å². The molecule has 21 heavy (non-hydrogen) atoms. The van der Waals surface area contributed by atoms with Crippen molar-refractivity contribution in [3.05, 3.63) is 23.8 Å². The number of benzene rings is 1. The molecule has 3 heteroatoms. The van der Waals surface area contributed by atoms with E-state index in [9.17, 15) is 0 Å². The first-order chi connectivity index (χ1) is 9.97. The third kappa shape index (κ3) is 3.03. The predicted octanol–water partition coefficient (Wildman–Crippen LogP) is 3.50. The van der Waals surface area contributed by atoms with Crippen molar-refractivity contribution in [3.8, 4) is 5.75 Å². The summed E-state index contributed by atoms with van der Waals surface area (Å²) in [6.45, 7) is 10.5. The number of rotatable bonds is 3. The van der Waals surface area contributed by atoms with E-state index in [1.54, 1.807) is 7.11 Å². The van der Waals surface area contributed by atoms with Crippen molar-refractivity contribution in [2.24, 2.45) is 5.92 Å². The second kappa shape index (κ2) is 5.53. The maximum Gasteiger partial charge on any atom is 0.141 e. The largest absolute Gasteiger partial charge is 0.495 e. The Bertz CT molecular complexity index is 498. The fraction of sp³-hybridized carbons (Fsp3) is 0.667. The molecular formula is C18H28N2O. The number of nitrogens with zero attached hydrogens (tertiary/aromatic N) is 1. The Balaban J connectivity index is 1.83. The van der Waals surface area contributed by atoms with Crippen LogP contribution in [0.4, 0.5) is 5.69 Å². The molecule has 0 aromatic heterocycles. The molecule has 116 valence electrons. The summed E-state index contributed by atoms with van der Waals surface area (Å²) in [5, 5.41) is 3.78. The first kappa shape index (κ1) is 14.7. The Morgan fingerprint density at radius 1 is 1.19 bits per heavy atom. The van der Waals surface area contributed by atoms with Crippen LogP contribution in [0.1, 0.15) is 39.2 Å². The number of ether oxygens (including phenoxy) is 1. The van der Waals surface area contributed by atoms with E-state index in [1.807, 2.05) is 0 Å². The third-order valence-electron chi connectivity index (χ3n) is 5.06. The van der Waals surface area contributed by atoms with Crippen molar-refractivity contribution in [2.75, 3.05) is 32.1 Å². The van der Waals surface area contributed by atoms with Crippen molar-refractivity contribution < 1.29 is 4.74 Å². The van der Waals surface area contributed by atoms with Crippen LogP contribution in [0.15, 0.2) is 18.2 Å². The molecule has 0 aliphatic carbocycles. The lowest BCUT2D eigenvalue weighted by molar-refractivity contribution is 0.0974. The molecule has 1 aromatic rings. The highest BCUT2D eigenvalue weighted by atomic mass is 16.5. The van der Waals surface area contributed by atoms with Gasteiger partial charge in [-0.05, 0) is 55.0 Å². The fourth-order valence-electron chi connectivity index (χ4n) is 3.62. The minimum atomic E-state index is 0.164. The molecule has 3 saturated heterocycles. The zero-order valence-electron chi connectivity index (χ0n) is 13.8. The maximum atomic E-state index is 5.56. The van der Waals surface area contributed by atoms with Crippen LogP contribution in [0.3, 0.4) is 0 Å². The molecule has 3 heterocycles. The lowest BCUT2D eigenvalue weighted by Crippen LogP contribution is -2.53. The van der Waals surface area contributed by atoms with E-state index < -0.39 is 0 Å². The molecule has 0 amide bonds. The number of fused-ring (bicyclic) bond motifs is 3. The molecule has 1 N–H and O–H groups in total. The molecule has 3 aliphatic heterocycles. The van der Waals surface area contributed by atoms with Crippen molar-refractivity contribution >= 4 is 5.69 Å². The summed E-state index contributed by atoms with van der Waals surface area (Å²) in [4.78, 5) is 2.58. The molecule has 0 radical (unpaired) electrons. The Morgan fingerprint density at radius 3 is 2.43 bits per heavy atom. The quantitative estimate of drug-likeness (QED) is 0.921. The van der Waals surface area contributed by atoms with Gasteiger partial charge in [-0.2, -0.15) is 0 Å². The molecule has 3 fully saturated rings. The summed E-state index contributed by atoms with van der Waals surface area (Å²) in [5.74, 6) is 1.78. The average molecular weight is 288 g/mol. The Morgan fingerprint density at radius 2 is 1.90 bits per heavy atom. The normalized spacial score (nSPS) is 28.5. The number of piperidine rings is 3. The van der Waals surface area contributed by atoms with Crippen LogP contribution in [0, 0.1) is 5.92 Å². The zero-order valence-corrected chi connectivity index (χ0v) is 13.8. The molecule has 2 bridgehead atoms. The minimum Gasteiger partial charge on any atom is -0.495 e. The van der Waals surface area contributed by atoms with Gasteiger partial charge in [-0.15, -0.1) is 0 Å². The van der Waals surface area contributed by atoms with Gasteiger partial charge in [0.25, 0.3) is 0 Å². The summed E-state index contributed by atoms with van der Waals surface area (Å²) >= 11 is 0. The van der Waals surface area contributed by atoms with Crippen molar-refractivity contribution in [3.63, 3.8) is 0 Å². The van der Waals surface area contributed by atoms with E-state index in [0.717, 1.165) is 17.4 Å². The number of anilines is 1. The highest BCUT2D eigenvalue weighted by molar-refractivity contribution is 5.59. The van der Waals surface area contributed by atoms with Crippen LogP contribution in [0.5, 0.6) is 5.75 Å². The van der Waals surface area contributed by atoms with Crippen LogP contribution in [0.25, 0.3) is 0 Å². The summed E-state index contributed by atoms with van der Waals surface area (Å²) in [5.41, 5.74) is 2.67. The van der Waals surface area contributed by atoms with Gasteiger partial charge in [0.2, 0.25) is 0 Å². The van der Waals surface area contributed by atoms with Crippen molar-refractivity contribution in [1.82, 2.24) is 4.90 Å². The molecule has 4 rings (SSSR count). The fourth-order valence-corrected chi connectivity index (χ4v) is 3.62. The zero-order chi connectivity index (χ0) is 15.0. The van der Waals surface area contributed by atoms with Crippen molar-refractivity contribution in [1.29, 1.82) is 0 Å².